The Hall–Kier alpha value is -4.21. The van der Waals surface area contributed by atoms with Crippen LogP contribution < -0.4 is 11.2 Å². The summed E-state index contributed by atoms with van der Waals surface area (Å²) in [5, 5.41) is 16.1. The van der Waals surface area contributed by atoms with E-state index in [4.69, 9.17) is 16.7 Å². The Morgan fingerprint density at radius 3 is 2.64 bits per heavy atom. The van der Waals surface area contributed by atoms with Crippen molar-refractivity contribution in [2.75, 3.05) is 6.26 Å². The van der Waals surface area contributed by atoms with Crippen LogP contribution in [0, 0.1) is 17.4 Å². The Labute approximate surface area is 227 Å². The first-order valence-corrected chi connectivity index (χ1v) is 14.4. The molecule has 1 aliphatic rings. The number of benzene rings is 1. The van der Waals surface area contributed by atoms with Crippen LogP contribution >= 0.6 is 11.6 Å². The molecule has 0 N–H and O–H groups in total. The van der Waals surface area contributed by atoms with Crippen molar-refractivity contribution < 1.29 is 8.42 Å². The fraction of sp³-hybridized carbons (Fsp3) is 0.269. The molecule has 39 heavy (non-hydrogen) atoms. The SMILES string of the molecule is Cn1c(=O)c2c(-c3cc(S(C)(=O)=O)cn3C#N)n(Cc3ccnc4ccc(Cl)cc34)nc2n(CC2CC2)c1=O. The molecular weight excluding hydrogens is 542 g/mol. The van der Waals surface area contributed by atoms with Crippen LogP contribution in [0.2, 0.25) is 5.02 Å². The van der Waals surface area contributed by atoms with Gasteiger partial charge in [0.15, 0.2) is 21.7 Å². The van der Waals surface area contributed by atoms with Crippen molar-refractivity contribution in [1.82, 2.24) is 28.5 Å². The van der Waals surface area contributed by atoms with Crippen LogP contribution in [0.5, 0.6) is 0 Å². The lowest BCUT2D eigenvalue weighted by Gasteiger charge is -2.10. The maximum Gasteiger partial charge on any atom is 0.332 e. The molecule has 0 atom stereocenters. The molecule has 0 unspecified atom stereocenters. The summed E-state index contributed by atoms with van der Waals surface area (Å²) < 4.78 is 29.9. The van der Waals surface area contributed by atoms with E-state index in [0.29, 0.717) is 23.0 Å². The van der Waals surface area contributed by atoms with Gasteiger partial charge in [0.2, 0.25) is 0 Å². The molecule has 0 spiro atoms. The molecule has 6 rings (SSSR count). The average molecular weight is 564 g/mol. The highest BCUT2D eigenvalue weighted by atomic mass is 35.5. The van der Waals surface area contributed by atoms with Gasteiger partial charge in [-0.2, -0.15) is 10.4 Å². The minimum absolute atomic E-state index is 0.0794. The van der Waals surface area contributed by atoms with Crippen LogP contribution in [0.15, 0.2) is 57.2 Å². The minimum atomic E-state index is -3.67. The molecule has 1 aliphatic carbocycles. The molecule has 11 nitrogen and oxygen atoms in total. The fourth-order valence-corrected chi connectivity index (χ4v) is 5.63. The molecule has 1 saturated carbocycles. The van der Waals surface area contributed by atoms with Gasteiger partial charge in [-0.3, -0.25) is 28.2 Å². The van der Waals surface area contributed by atoms with Crippen LogP contribution in [0.1, 0.15) is 18.4 Å². The van der Waals surface area contributed by atoms with E-state index in [2.05, 4.69) is 4.98 Å². The first-order valence-electron chi connectivity index (χ1n) is 12.1. The Bertz CT molecular complexity index is 2090. The summed E-state index contributed by atoms with van der Waals surface area (Å²) in [5.74, 6) is 0.308. The maximum atomic E-state index is 13.6. The molecule has 0 radical (unpaired) electrons. The quantitative estimate of drug-likeness (QED) is 0.309. The third-order valence-corrected chi connectivity index (χ3v) is 8.37. The highest BCUT2D eigenvalue weighted by Crippen LogP contribution is 2.34. The van der Waals surface area contributed by atoms with Gasteiger partial charge in [0.05, 0.1) is 22.7 Å². The van der Waals surface area contributed by atoms with Gasteiger partial charge in [-0.25, -0.2) is 13.2 Å². The van der Waals surface area contributed by atoms with Crippen molar-refractivity contribution in [3.63, 3.8) is 0 Å². The lowest BCUT2D eigenvalue weighted by molar-refractivity contribution is 0.572. The van der Waals surface area contributed by atoms with Crippen molar-refractivity contribution in [2.45, 2.75) is 30.8 Å². The Morgan fingerprint density at radius 1 is 1.18 bits per heavy atom. The average Bonchev–Trinajstić information content (AvgIpc) is 3.48. The van der Waals surface area contributed by atoms with Crippen LogP contribution in [-0.2, 0) is 30.0 Å². The monoisotopic (exact) mass is 563 g/mol. The van der Waals surface area contributed by atoms with E-state index in [-0.39, 0.29) is 33.9 Å². The van der Waals surface area contributed by atoms with Crippen molar-refractivity contribution in [3.05, 3.63) is 74.1 Å². The van der Waals surface area contributed by atoms with Crippen molar-refractivity contribution in [2.24, 2.45) is 13.0 Å². The number of nitrogens with zero attached hydrogens (tertiary/aromatic N) is 7. The molecule has 0 amide bonds. The predicted molar refractivity (Wildman–Crippen MR) is 145 cm³/mol. The second-order valence-electron chi connectivity index (χ2n) is 9.84. The zero-order valence-electron chi connectivity index (χ0n) is 21.0. The second-order valence-corrected chi connectivity index (χ2v) is 12.3. The molecule has 0 bridgehead atoms. The number of hydrogen-bond donors (Lipinski definition) is 0. The Morgan fingerprint density at radius 2 is 1.95 bits per heavy atom. The summed E-state index contributed by atoms with van der Waals surface area (Å²) >= 11 is 6.27. The van der Waals surface area contributed by atoms with Gasteiger partial charge in [0.1, 0.15) is 11.1 Å². The normalized spacial score (nSPS) is 13.8. The molecule has 1 fully saturated rings. The molecule has 198 valence electrons. The van der Waals surface area contributed by atoms with Gasteiger partial charge in [0.25, 0.3) is 5.56 Å². The number of pyridine rings is 1. The molecule has 4 heterocycles. The highest BCUT2D eigenvalue weighted by molar-refractivity contribution is 7.90. The number of hydrogen-bond acceptors (Lipinski definition) is 7. The van der Waals surface area contributed by atoms with Crippen LogP contribution in [0.4, 0.5) is 0 Å². The number of halogens is 1. The van der Waals surface area contributed by atoms with E-state index in [1.807, 2.05) is 6.19 Å². The van der Waals surface area contributed by atoms with Crippen LogP contribution in [0.25, 0.3) is 33.3 Å². The zero-order chi connectivity index (χ0) is 27.6. The predicted octanol–water partition coefficient (Wildman–Crippen LogP) is 2.76. The summed E-state index contributed by atoms with van der Waals surface area (Å²) in [6.45, 7) is 0.538. The molecule has 0 aliphatic heterocycles. The van der Waals surface area contributed by atoms with E-state index < -0.39 is 21.1 Å². The molecule has 0 saturated heterocycles. The number of aromatic nitrogens is 6. The third kappa shape index (κ3) is 4.24. The van der Waals surface area contributed by atoms with E-state index >= 15 is 0 Å². The van der Waals surface area contributed by atoms with Gasteiger partial charge in [0, 0.05) is 42.7 Å². The fourth-order valence-electron chi connectivity index (χ4n) is 4.84. The van der Waals surface area contributed by atoms with Crippen molar-refractivity contribution >= 4 is 43.4 Å². The molecule has 1 aromatic carbocycles. The molecule has 13 heteroatoms. The molecular formula is C26H22ClN7O4S. The lowest BCUT2D eigenvalue weighted by Crippen LogP contribution is -2.38. The Balaban J connectivity index is 1.70. The van der Waals surface area contributed by atoms with Gasteiger partial charge in [-0.15, -0.1) is 0 Å². The standard InChI is InChI=1S/C26H22ClN7O4S/c1-31-25(35)22-23(21-10-18(39(2,37)38)13-32(21)14-28)34(30-24(22)33(26(31)36)11-15-3-4-15)12-16-7-8-29-20-6-5-17(27)9-19(16)20/h5-10,13,15H,3-4,11-12H2,1-2H3. The first kappa shape index (κ1) is 25.1. The highest BCUT2D eigenvalue weighted by Gasteiger charge is 2.29. The van der Waals surface area contributed by atoms with E-state index in [0.717, 1.165) is 39.2 Å². The maximum absolute atomic E-state index is 13.6. The lowest BCUT2D eigenvalue weighted by atomic mass is 10.1. The van der Waals surface area contributed by atoms with Crippen molar-refractivity contribution in [3.8, 4) is 17.6 Å². The summed E-state index contributed by atoms with van der Waals surface area (Å²) in [4.78, 5) is 31.1. The summed E-state index contributed by atoms with van der Waals surface area (Å²) in [5.41, 5.74) is 1.01. The summed E-state index contributed by atoms with van der Waals surface area (Å²) in [7, 11) is -2.27. The van der Waals surface area contributed by atoms with E-state index in [1.165, 1.54) is 23.9 Å². The zero-order valence-corrected chi connectivity index (χ0v) is 22.6. The van der Waals surface area contributed by atoms with E-state index in [1.54, 1.807) is 35.1 Å². The molecule has 5 aromatic rings. The van der Waals surface area contributed by atoms with Crippen molar-refractivity contribution in [1.29, 1.82) is 5.26 Å². The van der Waals surface area contributed by atoms with E-state index in [9.17, 15) is 23.3 Å². The minimum Gasteiger partial charge on any atom is -0.276 e. The van der Waals surface area contributed by atoms with Crippen LogP contribution in [0.3, 0.4) is 0 Å². The second kappa shape index (κ2) is 8.93. The topological polar surface area (TPSA) is 138 Å². The third-order valence-electron chi connectivity index (χ3n) is 7.05. The summed E-state index contributed by atoms with van der Waals surface area (Å²) in [6.07, 6.45) is 7.83. The number of rotatable bonds is 6. The van der Waals surface area contributed by atoms with Crippen LogP contribution in [-0.4, -0.2) is 43.1 Å². The first-order chi connectivity index (χ1) is 18.6. The molecule has 4 aromatic heterocycles. The largest absolute Gasteiger partial charge is 0.332 e. The number of nitriles is 1. The van der Waals surface area contributed by atoms with Gasteiger partial charge in [-0.05, 0) is 54.7 Å². The Kier molecular flexibility index (Phi) is 5.74. The summed E-state index contributed by atoms with van der Waals surface area (Å²) in [6, 6.07) is 8.47. The number of fused-ring (bicyclic) bond motifs is 2. The smallest absolute Gasteiger partial charge is 0.276 e. The van der Waals surface area contributed by atoms with Gasteiger partial charge in [-0.1, -0.05) is 11.6 Å². The van der Waals surface area contributed by atoms with Gasteiger partial charge >= 0.3 is 5.69 Å². The number of sulfone groups is 1. The van der Waals surface area contributed by atoms with Gasteiger partial charge < -0.3 is 0 Å².